The number of hydrogen-bond donors (Lipinski definition) is 5. The van der Waals surface area contributed by atoms with E-state index >= 15 is 0 Å². The maximum Gasteiger partial charge on any atom is 0.418 e. The highest BCUT2D eigenvalue weighted by molar-refractivity contribution is 8.00. The van der Waals surface area contributed by atoms with E-state index in [1.807, 2.05) is 133 Å². The molecule has 6 fully saturated rings. The number of benzene rings is 9. The van der Waals surface area contributed by atoms with Crippen LogP contribution in [0.15, 0.2) is 274 Å². The predicted molar refractivity (Wildman–Crippen MR) is 554 cm³/mol. The molecule has 6 aliphatic heterocycles. The zero-order chi connectivity index (χ0) is 97.4. The van der Waals surface area contributed by atoms with Crippen LogP contribution in [0.2, 0.25) is 0 Å². The van der Waals surface area contributed by atoms with E-state index in [4.69, 9.17) is 4.74 Å². The zero-order valence-electron chi connectivity index (χ0n) is 81.0. The first-order valence-corrected chi connectivity index (χ1v) is 54.9. The summed E-state index contributed by atoms with van der Waals surface area (Å²) in [7, 11) is -0.651. The second-order valence-electron chi connectivity index (χ2n) is 40.5. The van der Waals surface area contributed by atoms with E-state index in [9.17, 15) is 45.1 Å². The monoisotopic (exact) mass is 1930 g/mol. The Morgan fingerprint density at radius 1 is 0.410 bits per heavy atom. The van der Waals surface area contributed by atoms with Crippen molar-refractivity contribution in [2.45, 2.75) is 158 Å². The maximum absolute atomic E-state index is 12.8. The Labute approximate surface area is 820 Å². The topological polar surface area (TPSA) is 290 Å². The van der Waals surface area contributed by atoms with Crippen LogP contribution in [0.1, 0.15) is 180 Å². The molecule has 6 saturated heterocycles. The average Bonchev–Trinajstić information content (AvgIpc) is 1.59. The molecular formula is C113H132N12O11S3. The molecule has 0 bridgehead atoms. The highest BCUT2D eigenvalue weighted by Crippen LogP contribution is 2.57. The minimum absolute atomic E-state index is 0.0586. The molecule has 139 heavy (non-hydrogen) atoms. The lowest BCUT2D eigenvalue weighted by molar-refractivity contribution is 0.0500. The van der Waals surface area contributed by atoms with Crippen molar-refractivity contribution >= 4 is 64.3 Å². The van der Waals surface area contributed by atoms with Gasteiger partial charge >= 0.3 is 12.1 Å². The lowest BCUT2D eigenvalue weighted by Gasteiger charge is -2.41. The molecule has 8 heterocycles. The second kappa shape index (κ2) is 42.3. The van der Waals surface area contributed by atoms with Crippen molar-refractivity contribution in [3.63, 3.8) is 0 Å². The summed E-state index contributed by atoms with van der Waals surface area (Å²) in [4.78, 5) is 53.6. The van der Waals surface area contributed by atoms with Gasteiger partial charge in [0, 0.05) is 70.1 Å². The third-order valence-corrected chi connectivity index (χ3v) is 35.7. The molecule has 0 saturated carbocycles. The van der Waals surface area contributed by atoms with Crippen LogP contribution in [0.5, 0.6) is 5.75 Å². The number of piperidine rings is 6. The van der Waals surface area contributed by atoms with Gasteiger partial charge in [-0.25, -0.2) is 44.8 Å². The maximum atomic E-state index is 12.8. The summed E-state index contributed by atoms with van der Waals surface area (Å²) in [6.45, 7) is 12.1. The summed E-state index contributed by atoms with van der Waals surface area (Å²) >= 11 is 0. The molecule has 6 aliphatic carbocycles. The largest absolute Gasteiger partial charge is 0.418 e. The number of likely N-dealkylation sites (tertiary alicyclic amines) is 5. The van der Waals surface area contributed by atoms with Crippen LogP contribution in [0.3, 0.4) is 0 Å². The van der Waals surface area contributed by atoms with Gasteiger partial charge in [-0.2, -0.15) is 0 Å². The molecular weight excluding hydrogens is 1800 g/mol. The summed E-state index contributed by atoms with van der Waals surface area (Å²) in [6.07, 6.45) is 31.9. The van der Waals surface area contributed by atoms with E-state index < -0.39 is 40.9 Å². The Kier molecular flexibility index (Phi) is 30.2. The number of fused-ring (bicyclic) bond motifs is 12. The van der Waals surface area contributed by atoms with Crippen LogP contribution >= 0.6 is 0 Å². The number of urea groups is 1. The molecule has 9 aromatic carbocycles. The standard InChI is InChI=1S/C25H26N4O3S.C17H13N3O2.C15H21NO2S.C14H17NO2S.2C14H19NO.C14H17N/c1-33(31,32)22-15-25(20-10-6-5-9-19(20)22)11-13-29(14-12-25)24(30)28-23-17-26-21(16-27-23)18-7-3-2-4-8-18;21-17(22-14-9-5-2-6-10-14)20-16-12-18-15(11-19-16)13-7-3-1-4-8-13;1-16-9-7-15(8-10-16)11-14(19(2,17)18)12-5-3-4-6-13(12)15;1-18(16,17)13-10-14(6-8-15-9-7-14)12-5-3-2-4-11(12)13;1-15-8-6-14(7-9-15)10-13(16)11-4-2-3-5-12(11)14;1-15-8-6-14(7-9-15)12-5-3-2-4-11(12)10-13(14)16;1-15-10-8-14(9-11-15)7-6-12-4-2-3-5-13(12)14/h2-10,16-17,22H,11-15H2,1H3,(H,27,28,30);1-12H,(H,19,20,21);3-6,14H,7-11H2,1-2H3;2-5,10,15H,6-9H2,1H3;2*2-5,13,16H,6-10H2,1H3;2-7H,8-11H2,1H3. The quantitative estimate of drug-likeness (QED) is 0.0944. The number of amides is 3. The van der Waals surface area contributed by atoms with Crippen LogP contribution in [-0.2, 0) is 68.4 Å². The van der Waals surface area contributed by atoms with Crippen molar-refractivity contribution in [1.82, 2.24) is 49.8 Å². The SMILES string of the molecule is CN1CCC2(C=Cc3ccccc32)CC1.CN1CCC2(CC1)CC(O)c1ccccc12.CN1CCC2(CC1)CC(S(C)(=O)=O)c1ccccc12.CN1CCC2(CC1)c1ccccc1CC2O.CS(=O)(=O)C1=CC2(CCNCC2)c2ccccc21.CS(=O)(=O)C1CC2(CCN(C(=O)Nc3cnc(-c4ccccc4)cn3)CC2)c2ccccc21.O=C(Nc1cnc(-c2ccccc2)cn1)Oc1ccccc1. The summed E-state index contributed by atoms with van der Waals surface area (Å²) < 4.78 is 78.0. The first kappa shape index (κ1) is 99.3. The van der Waals surface area contributed by atoms with Gasteiger partial charge in [-0.3, -0.25) is 20.6 Å². The number of nitrogens with zero attached hydrogens (tertiary/aromatic N) is 9. The van der Waals surface area contributed by atoms with Gasteiger partial charge in [0.05, 0.1) is 63.8 Å². The fraction of sp³-hybridized carbons (Fsp3) is 0.398. The van der Waals surface area contributed by atoms with Crippen molar-refractivity contribution in [2.24, 2.45) is 0 Å². The van der Waals surface area contributed by atoms with Crippen LogP contribution in [0.25, 0.3) is 33.5 Å². The van der Waals surface area contributed by atoms with Crippen molar-refractivity contribution in [2.75, 3.05) is 136 Å². The molecule has 6 spiro atoms. The minimum Gasteiger partial charge on any atom is -0.410 e. The number of sulfone groups is 3. The number of aliphatic hydroxyl groups excluding tert-OH is 2. The van der Waals surface area contributed by atoms with E-state index in [1.165, 1.54) is 103 Å². The normalized spacial score (nSPS) is 21.6. The minimum atomic E-state index is -3.19. The molecule has 728 valence electrons. The van der Waals surface area contributed by atoms with Gasteiger partial charge in [-0.05, 0) is 281 Å². The lowest BCUT2D eigenvalue weighted by atomic mass is 9.72. The van der Waals surface area contributed by atoms with Crippen molar-refractivity contribution in [1.29, 1.82) is 0 Å². The van der Waals surface area contributed by atoms with E-state index in [0.29, 0.717) is 47.2 Å². The molecule has 11 aromatic rings. The Morgan fingerprint density at radius 3 is 1.32 bits per heavy atom. The fourth-order valence-electron chi connectivity index (χ4n) is 23.6. The Morgan fingerprint density at radius 2 is 0.820 bits per heavy atom. The van der Waals surface area contributed by atoms with E-state index in [0.717, 1.165) is 168 Å². The number of carbonyl (C=O) groups is 2. The number of carbonyl (C=O) groups excluding carboxylic acids is 2. The number of hydrogen-bond acceptors (Lipinski definition) is 20. The summed E-state index contributed by atoms with van der Waals surface area (Å²) in [5, 5.41) is 28.5. The van der Waals surface area contributed by atoms with Gasteiger partial charge in [0.2, 0.25) is 0 Å². The van der Waals surface area contributed by atoms with Crippen molar-refractivity contribution in [3.05, 3.63) is 340 Å². The highest BCUT2D eigenvalue weighted by atomic mass is 32.2. The third-order valence-electron chi connectivity index (χ3n) is 31.7. The Hall–Kier alpha value is -11.3. The summed E-state index contributed by atoms with van der Waals surface area (Å²) in [6, 6.07) is 77.9. The number of rotatable bonds is 8. The summed E-state index contributed by atoms with van der Waals surface area (Å²) in [5.41, 5.74) is 18.8. The smallest absolute Gasteiger partial charge is 0.410 e. The van der Waals surface area contributed by atoms with Gasteiger partial charge in [0.25, 0.3) is 0 Å². The van der Waals surface area contributed by atoms with Crippen LogP contribution in [-0.4, -0.2) is 224 Å². The zero-order valence-corrected chi connectivity index (χ0v) is 83.4. The van der Waals surface area contributed by atoms with Crippen molar-refractivity contribution in [3.8, 4) is 28.3 Å². The molecule has 0 radical (unpaired) electrons. The number of allylic oxidation sites excluding steroid dienone is 2. The third kappa shape index (κ3) is 22.1. The van der Waals surface area contributed by atoms with Crippen molar-refractivity contribution < 1.29 is 49.8 Å². The molecule has 4 unspecified atom stereocenters. The molecule has 23 nitrogen and oxygen atoms in total. The number of anilines is 2. The Balaban J connectivity index is 0.000000114. The predicted octanol–water partition coefficient (Wildman–Crippen LogP) is 18.1. The number of ether oxygens (including phenoxy) is 1. The molecule has 26 heteroatoms. The number of aromatic nitrogens is 4. The van der Waals surface area contributed by atoms with Crippen LogP contribution < -0.4 is 20.7 Å². The molecule has 5 N–H and O–H groups in total. The van der Waals surface area contributed by atoms with E-state index in [1.54, 1.807) is 53.3 Å². The number of nitrogens with one attached hydrogen (secondary N) is 3. The number of para-hydroxylation sites is 1. The molecule has 23 rings (SSSR count). The van der Waals surface area contributed by atoms with Gasteiger partial charge in [-0.15, -0.1) is 0 Å². The summed E-state index contributed by atoms with van der Waals surface area (Å²) in [5.74, 6) is 1.21. The highest BCUT2D eigenvalue weighted by Gasteiger charge is 2.52. The lowest BCUT2D eigenvalue weighted by Crippen LogP contribution is -2.46. The molecule has 3 amide bonds. The van der Waals surface area contributed by atoms with Crippen LogP contribution in [0.4, 0.5) is 21.2 Å². The molecule has 2 aromatic heterocycles. The first-order valence-electron chi connectivity index (χ1n) is 49.1. The van der Waals surface area contributed by atoms with Gasteiger partial charge < -0.3 is 44.8 Å². The fourth-order valence-corrected chi connectivity index (χ4v) is 27.2. The second-order valence-corrected chi connectivity index (χ2v) is 46.9. The van der Waals surface area contributed by atoms with Gasteiger partial charge in [-0.1, -0.05) is 243 Å². The average molecular weight is 1930 g/mol. The number of aliphatic hydroxyl groups is 2. The van der Waals surface area contributed by atoms with Crippen LogP contribution in [0, 0.1) is 0 Å². The molecule has 12 aliphatic rings. The Bertz CT molecular complexity index is 6550. The first-order chi connectivity index (χ1) is 66.9. The van der Waals surface area contributed by atoms with E-state index in [-0.39, 0.29) is 50.6 Å². The van der Waals surface area contributed by atoms with Gasteiger partial charge in [0.1, 0.15) is 5.75 Å². The van der Waals surface area contributed by atoms with Gasteiger partial charge in [0.15, 0.2) is 41.1 Å². The molecule has 4 atom stereocenters. The van der Waals surface area contributed by atoms with E-state index in [2.05, 4.69) is 181 Å².